The summed E-state index contributed by atoms with van der Waals surface area (Å²) in [6.07, 6.45) is 2.79. The van der Waals surface area contributed by atoms with Gasteiger partial charge in [-0.2, -0.15) is 0 Å². The maximum absolute atomic E-state index is 11.6. The molecule has 1 aliphatic rings. The van der Waals surface area contributed by atoms with Gasteiger partial charge in [-0.25, -0.2) is 0 Å². The van der Waals surface area contributed by atoms with E-state index in [0.717, 1.165) is 25.7 Å². The highest BCUT2D eigenvalue weighted by atomic mass is 16.3. The maximum Gasteiger partial charge on any atom is 0.222 e. The van der Waals surface area contributed by atoms with E-state index in [-0.39, 0.29) is 24.3 Å². The summed E-state index contributed by atoms with van der Waals surface area (Å²) in [6, 6.07) is -0.124. The number of rotatable bonds is 4. The average molecular weight is 229 g/mol. The van der Waals surface area contributed by atoms with Crippen LogP contribution in [0.25, 0.3) is 0 Å². The van der Waals surface area contributed by atoms with Gasteiger partial charge in [0, 0.05) is 0 Å². The van der Waals surface area contributed by atoms with Crippen molar-refractivity contribution < 1.29 is 15.0 Å². The maximum atomic E-state index is 11.6. The molecule has 94 valence electrons. The molecule has 1 amide bonds. The molecule has 0 radical (unpaired) electrons. The molecule has 1 rings (SSSR count). The molecule has 4 heteroatoms. The normalized spacial score (nSPS) is 27.8. The molecule has 1 aliphatic carbocycles. The lowest BCUT2D eigenvalue weighted by molar-refractivity contribution is -0.125. The van der Waals surface area contributed by atoms with Crippen LogP contribution >= 0.6 is 0 Å². The lowest BCUT2D eigenvalue weighted by Gasteiger charge is -2.28. The van der Waals surface area contributed by atoms with Gasteiger partial charge >= 0.3 is 0 Å². The molecule has 0 heterocycles. The largest absolute Gasteiger partial charge is 0.392 e. The zero-order valence-electron chi connectivity index (χ0n) is 10.1. The minimum atomic E-state index is -0.597. The van der Waals surface area contributed by atoms with Crippen molar-refractivity contribution in [1.29, 1.82) is 0 Å². The van der Waals surface area contributed by atoms with Crippen LogP contribution in [0.15, 0.2) is 0 Å². The standard InChI is InChI=1S/C12H23NO3/c1-8(2)11(15)7-12(16)13-9-5-3-4-6-10(9)14/h8-11,14-15H,3-7H2,1-2H3,(H,13,16). The molecule has 0 spiro atoms. The number of carbonyl (C=O) groups is 1. The Hall–Kier alpha value is -0.610. The van der Waals surface area contributed by atoms with Crippen molar-refractivity contribution in [2.45, 2.75) is 64.2 Å². The zero-order chi connectivity index (χ0) is 12.1. The molecule has 0 bridgehead atoms. The molecular weight excluding hydrogens is 206 g/mol. The van der Waals surface area contributed by atoms with E-state index in [1.807, 2.05) is 13.8 Å². The molecule has 3 atom stereocenters. The second-order valence-corrected chi connectivity index (χ2v) is 5.04. The van der Waals surface area contributed by atoms with Gasteiger partial charge in [-0.15, -0.1) is 0 Å². The van der Waals surface area contributed by atoms with E-state index >= 15 is 0 Å². The molecule has 1 saturated carbocycles. The van der Waals surface area contributed by atoms with Crippen LogP contribution in [0.2, 0.25) is 0 Å². The Labute approximate surface area is 97.0 Å². The Balaban J connectivity index is 2.32. The van der Waals surface area contributed by atoms with Crippen LogP contribution in [0.3, 0.4) is 0 Å². The van der Waals surface area contributed by atoms with Gasteiger partial charge in [0.1, 0.15) is 0 Å². The third-order valence-electron chi connectivity index (χ3n) is 3.24. The Morgan fingerprint density at radius 3 is 2.56 bits per heavy atom. The van der Waals surface area contributed by atoms with Gasteiger partial charge in [0.2, 0.25) is 5.91 Å². The fourth-order valence-corrected chi connectivity index (χ4v) is 1.97. The molecular formula is C12H23NO3. The van der Waals surface area contributed by atoms with Crippen LogP contribution in [0.1, 0.15) is 46.0 Å². The first-order valence-electron chi connectivity index (χ1n) is 6.16. The summed E-state index contributed by atoms with van der Waals surface area (Å²) in [5.41, 5.74) is 0. The van der Waals surface area contributed by atoms with Crippen molar-refractivity contribution in [3.05, 3.63) is 0 Å². The number of nitrogens with one attached hydrogen (secondary N) is 1. The summed E-state index contributed by atoms with van der Waals surface area (Å²) in [6.45, 7) is 3.76. The number of carbonyl (C=O) groups excluding carboxylic acids is 1. The van der Waals surface area contributed by atoms with Crippen LogP contribution in [0, 0.1) is 5.92 Å². The van der Waals surface area contributed by atoms with Crippen LogP contribution < -0.4 is 5.32 Å². The number of hydrogen-bond acceptors (Lipinski definition) is 3. The van der Waals surface area contributed by atoms with Gasteiger partial charge in [0.15, 0.2) is 0 Å². The molecule has 3 unspecified atom stereocenters. The molecule has 0 aromatic heterocycles. The van der Waals surface area contributed by atoms with Crippen LogP contribution in [-0.2, 0) is 4.79 Å². The van der Waals surface area contributed by atoms with Crippen molar-refractivity contribution in [2.75, 3.05) is 0 Å². The summed E-state index contributed by atoms with van der Waals surface area (Å²) in [5.74, 6) is -0.0748. The Bertz CT molecular complexity index is 230. The summed E-state index contributed by atoms with van der Waals surface area (Å²) < 4.78 is 0. The van der Waals surface area contributed by atoms with Crippen molar-refractivity contribution in [2.24, 2.45) is 5.92 Å². The first-order valence-corrected chi connectivity index (χ1v) is 6.16. The minimum Gasteiger partial charge on any atom is -0.392 e. The van der Waals surface area contributed by atoms with Crippen LogP contribution in [0.5, 0.6) is 0 Å². The number of hydrogen-bond donors (Lipinski definition) is 3. The lowest BCUT2D eigenvalue weighted by Crippen LogP contribution is -2.46. The molecule has 0 aliphatic heterocycles. The van der Waals surface area contributed by atoms with Gasteiger partial charge in [-0.05, 0) is 18.8 Å². The van der Waals surface area contributed by atoms with E-state index in [1.54, 1.807) is 0 Å². The summed E-state index contributed by atoms with van der Waals surface area (Å²) in [7, 11) is 0. The molecule has 0 aromatic carbocycles. The van der Waals surface area contributed by atoms with E-state index in [0.29, 0.717) is 0 Å². The third kappa shape index (κ3) is 4.10. The van der Waals surface area contributed by atoms with Crippen molar-refractivity contribution >= 4 is 5.91 Å². The van der Waals surface area contributed by atoms with Gasteiger partial charge in [0.05, 0.1) is 24.7 Å². The summed E-state index contributed by atoms with van der Waals surface area (Å²) in [5, 5.41) is 22.1. The molecule has 3 N–H and O–H groups in total. The molecule has 0 saturated heterocycles. The highest BCUT2D eigenvalue weighted by molar-refractivity contribution is 5.76. The second kappa shape index (κ2) is 6.21. The van der Waals surface area contributed by atoms with Gasteiger partial charge in [-0.3, -0.25) is 4.79 Å². The first-order chi connectivity index (χ1) is 7.50. The van der Waals surface area contributed by atoms with Crippen LogP contribution in [-0.4, -0.2) is 34.4 Å². The quantitative estimate of drug-likeness (QED) is 0.668. The van der Waals surface area contributed by atoms with E-state index in [9.17, 15) is 15.0 Å². The van der Waals surface area contributed by atoms with Gasteiger partial charge < -0.3 is 15.5 Å². The zero-order valence-corrected chi connectivity index (χ0v) is 10.1. The van der Waals surface area contributed by atoms with Crippen LogP contribution in [0.4, 0.5) is 0 Å². The fraction of sp³-hybridized carbons (Fsp3) is 0.917. The smallest absolute Gasteiger partial charge is 0.222 e. The highest BCUT2D eigenvalue weighted by Gasteiger charge is 2.25. The Morgan fingerprint density at radius 2 is 2.00 bits per heavy atom. The monoisotopic (exact) mass is 229 g/mol. The fourth-order valence-electron chi connectivity index (χ4n) is 1.97. The van der Waals surface area contributed by atoms with E-state index in [1.165, 1.54) is 0 Å². The van der Waals surface area contributed by atoms with Crippen molar-refractivity contribution in [1.82, 2.24) is 5.32 Å². The topological polar surface area (TPSA) is 69.6 Å². The predicted octanol–water partition coefficient (Wildman–Crippen LogP) is 0.813. The molecule has 0 aromatic rings. The van der Waals surface area contributed by atoms with Crippen molar-refractivity contribution in [3.63, 3.8) is 0 Å². The third-order valence-corrected chi connectivity index (χ3v) is 3.24. The van der Waals surface area contributed by atoms with Gasteiger partial charge in [-0.1, -0.05) is 26.7 Å². The summed E-state index contributed by atoms with van der Waals surface area (Å²) in [4.78, 5) is 11.6. The van der Waals surface area contributed by atoms with E-state index < -0.39 is 12.2 Å². The lowest BCUT2D eigenvalue weighted by atomic mass is 9.92. The van der Waals surface area contributed by atoms with Crippen molar-refractivity contribution in [3.8, 4) is 0 Å². The second-order valence-electron chi connectivity index (χ2n) is 5.04. The highest BCUT2D eigenvalue weighted by Crippen LogP contribution is 2.18. The van der Waals surface area contributed by atoms with Gasteiger partial charge in [0.25, 0.3) is 0 Å². The number of aliphatic hydroxyl groups is 2. The first kappa shape index (κ1) is 13.5. The SMILES string of the molecule is CC(C)C(O)CC(=O)NC1CCCCC1O. The predicted molar refractivity (Wildman–Crippen MR) is 61.9 cm³/mol. The average Bonchev–Trinajstić information content (AvgIpc) is 2.21. The molecule has 16 heavy (non-hydrogen) atoms. The minimum absolute atomic E-state index is 0.0852. The number of amides is 1. The molecule has 4 nitrogen and oxygen atoms in total. The van der Waals surface area contributed by atoms with E-state index in [4.69, 9.17) is 0 Å². The Kier molecular flexibility index (Phi) is 5.22. The molecule has 1 fully saturated rings. The van der Waals surface area contributed by atoms with E-state index in [2.05, 4.69) is 5.32 Å². The Morgan fingerprint density at radius 1 is 1.38 bits per heavy atom. The number of aliphatic hydroxyl groups excluding tert-OH is 2. The summed E-state index contributed by atoms with van der Waals surface area (Å²) >= 11 is 0.